The van der Waals surface area contributed by atoms with Crippen molar-refractivity contribution >= 4 is 57.0 Å². The van der Waals surface area contributed by atoms with Crippen molar-refractivity contribution in [3.8, 4) is 0 Å². The van der Waals surface area contributed by atoms with Crippen molar-refractivity contribution in [2.75, 3.05) is 93.2 Å². The van der Waals surface area contributed by atoms with Gasteiger partial charge in [0.2, 0.25) is 0 Å². The number of rotatable bonds is 11. The molecule has 0 aromatic heterocycles. The van der Waals surface area contributed by atoms with Crippen molar-refractivity contribution in [3.05, 3.63) is 143 Å². The van der Waals surface area contributed by atoms with Gasteiger partial charge in [-0.2, -0.15) is 0 Å². The third kappa shape index (κ3) is 15.7. The van der Waals surface area contributed by atoms with Gasteiger partial charge in [0.1, 0.15) is 0 Å². The van der Waals surface area contributed by atoms with Crippen LogP contribution in [0.4, 0.5) is 11.4 Å². The molecule has 10 nitrogen and oxygen atoms in total. The van der Waals surface area contributed by atoms with E-state index in [1.165, 1.54) is 0 Å². The summed E-state index contributed by atoms with van der Waals surface area (Å²) in [6.45, 7) is 4.58. The van der Waals surface area contributed by atoms with Crippen LogP contribution in [-0.4, -0.2) is 126 Å². The second-order valence-electron chi connectivity index (χ2n) is 14.9. The molecule has 2 aliphatic rings. The van der Waals surface area contributed by atoms with Crippen LogP contribution in [-0.2, 0) is 51.3 Å². The van der Waals surface area contributed by atoms with Crippen LogP contribution in [0.3, 0.4) is 0 Å². The Morgan fingerprint density at radius 2 is 0.763 bits per heavy atom. The average molecular weight is 920 g/mol. The Morgan fingerprint density at radius 1 is 0.492 bits per heavy atom. The van der Waals surface area contributed by atoms with E-state index in [4.69, 9.17) is 0 Å². The molecule has 0 saturated heterocycles. The van der Waals surface area contributed by atoms with Crippen LogP contribution in [0.1, 0.15) is 34.1 Å². The van der Waals surface area contributed by atoms with Crippen molar-refractivity contribution in [1.29, 1.82) is 0 Å². The molecule has 6 rings (SSSR count). The third-order valence-corrected chi connectivity index (χ3v) is 9.23. The number of fused-ring (bicyclic) bond motifs is 2. The van der Waals surface area contributed by atoms with Crippen LogP contribution in [0.5, 0.6) is 0 Å². The molecule has 13 heteroatoms. The number of carbonyl (C=O) groups excluding carboxylic acids is 4. The van der Waals surface area contributed by atoms with Crippen LogP contribution in [0, 0.1) is 0 Å². The average Bonchev–Trinajstić information content (AvgIpc) is 3.21. The normalized spacial score (nSPS) is 15.1. The number of nitrogens with one attached hydrogen (secondary N) is 2. The largest absolute Gasteiger partial charge is 1.00 e. The predicted molar refractivity (Wildman–Crippen MR) is 235 cm³/mol. The minimum atomic E-state index is -0.986. The number of hydrogen-bond donors (Lipinski definition) is 2. The first-order valence-electron chi connectivity index (χ1n) is 18.9. The van der Waals surface area contributed by atoms with E-state index >= 15 is 0 Å². The first kappa shape index (κ1) is 51.0. The summed E-state index contributed by atoms with van der Waals surface area (Å²) in [5, 5.41) is 5.59. The summed E-state index contributed by atoms with van der Waals surface area (Å²) in [6, 6.07) is 32.3. The fourth-order valence-corrected chi connectivity index (χ4v) is 6.18. The van der Waals surface area contributed by atoms with E-state index < -0.39 is 35.2 Å². The first-order valence-corrected chi connectivity index (χ1v) is 20.2. The van der Waals surface area contributed by atoms with Gasteiger partial charge in [0.15, 0.2) is 11.6 Å². The standard InChI is InChI=1S/C34H24N2O4.2C6H16N2.ClH.2Cu/c37-31-27(33(39)35-23-13-3-1-4-14-23)19-21-11-7-9-17-25(21)29(31)30-26-18-10-8-12-22(26)20-28(32(30)38)34(40)36-24-15-5-2-6-16-24;2*1-7(2)5-6-8(3)4;;;/h1-20,29-30H,(H,35,39)(H,36,40);2*5-6H2,1-4H3;1H;;/q;;;;2*+1/p-1. The fourth-order valence-electron chi connectivity index (χ4n) is 6.18. The van der Waals surface area contributed by atoms with E-state index in [1.807, 2.05) is 36.4 Å². The Balaban J connectivity index is 0.000000532. The van der Waals surface area contributed by atoms with Crippen molar-refractivity contribution < 1.29 is 51.3 Å². The van der Waals surface area contributed by atoms with E-state index in [9.17, 15) is 19.2 Å². The number of carbonyl (C=O) groups is 4. The molecule has 4 aromatic carbocycles. The van der Waals surface area contributed by atoms with Gasteiger partial charge in [0, 0.05) is 37.6 Å². The van der Waals surface area contributed by atoms with Crippen LogP contribution in [0.2, 0.25) is 0 Å². The number of anilines is 2. The number of likely N-dealkylation sites (N-methyl/N-ethyl adjacent to an activating group) is 4. The first-order chi connectivity index (χ1) is 27.8. The number of hydrogen-bond acceptors (Lipinski definition) is 8. The summed E-state index contributed by atoms with van der Waals surface area (Å²) in [5.41, 5.74) is 3.67. The second-order valence-corrected chi connectivity index (χ2v) is 14.9. The number of Topliss-reactive ketones (excluding diaryl/α,β-unsaturated/α-hetero) is 2. The van der Waals surface area contributed by atoms with Gasteiger partial charge in [-0.25, -0.2) is 0 Å². The topological polar surface area (TPSA) is 105 Å². The predicted octanol–water partition coefficient (Wildman–Crippen LogP) is 6.67. The Morgan fingerprint density at radius 3 is 1.05 bits per heavy atom. The SMILES string of the molecule is CN(C)CCN(C)C.CN(C)CCN(C)C.O=C(Nc1ccccc1)C1=Cc2ccccc2C(C2C(=O)C(C(=O)Nc3ccccc3)=Cc3ccccc32)C1=O.[Cl][Cu].[Cu+]. The van der Waals surface area contributed by atoms with Crippen LogP contribution in [0.15, 0.2) is 120 Å². The molecule has 2 amide bonds. The smallest absolute Gasteiger partial charge is 1.00 e. The van der Waals surface area contributed by atoms with Gasteiger partial charge in [0.25, 0.3) is 11.8 Å². The Kier molecular flexibility index (Phi) is 22.5. The summed E-state index contributed by atoms with van der Waals surface area (Å²) >= 11 is 3.66. The van der Waals surface area contributed by atoms with Crippen molar-refractivity contribution in [2.45, 2.75) is 11.8 Å². The van der Waals surface area contributed by atoms with Crippen molar-refractivity contribution in [3.63, 3.8) is 0 Å². The number of halogens is 1. The molecule has 0 saturated carbocycles. The van der Waals surface area contributed by atoms with Gasteiger partial charge >= 0.3 is 42.3 Å². The molecule has 2 atom stereocenters. The molecular formula is C46H56ClCu2N6O4+. The molecule has 59 heavy (non-hydrogen) atoms. The number of ketones is 2. The summed E-state index contributed by atoms with van der Waals surface area (Å²) in [5.74, 6) is -4.01. The van der Waals surface area contributed by atoms with Crippen molar-refractivity contribution in [2.24, 2.45) is 0 Å². The van der Waals surface area contributed by atoms with Crippen LogP contribution >= 0.6 is 10.1 Å². The quantitative estimate of drug-likeness (QED) is 0.127. The molecule has 0 spiro atoms. The van der Waals surface area contributed by atoms with Crippen molar-refractivity contribution in [1.82, 2.24) is 19.6 Å². The summed E-state index contributed by atoms with van der Waals surface area (Å²) in [4.78, 5) is 63.7. The molecule has 2 unspecified atom stereocenters. The number of nitrogens with zero attached hydrogens (tertiary/aromatic N) is 4. The third-order valence-electron chi connectivity index (χ3n) is 9.23. The van der Waals surface area contributed by atoms with Gasteiger partial charge in [-0.1, -0.05) is 84.9 Å². The van der Waals surface area contributed by atoms with E-state index in [0.29, 0.717) is 33.6 Å². The van der Waals surface area contributed by atoms with E-state index in [1.54, 1.807) is 84.9 Å². The van der Waals surface area contributed by atoms with Gasteiger partial charge in [0.05, 0.1) is 23.0 Å². The molecule has 2 N–H and O–H groups in total. The summed E-state index contributed by atoms with van der Waals surface area (Å²) < 4.78 is 0. The Bertz CT molecular complexity index is 1860. The number of para-hydroxylation sites is 2. The van der Waals surface area contributed by atoms with Gasteiger partial charge in [-0.3, -0.25) is 19.2 Å². The minimum absolute atomic E-state index is 0. The molecule has 0 aliphatic heterocycles. The maximum absolute atomic E-state index is 14.1. The number of amides is 2. The zero-order chi connectivity index (χ0) is 42.8. The molecule has 0 heterocycles. The van der Waals surface area contributed by atoms with E-state index in [2.05, 4.69) is 112 Å². The maximum atomic E-state index is 14.1. The van der Waals surface area contributed by atoms with Crippen LogP contribution in [0.25, 0.3) is 12.2 Å². The van der Waals surface area contributed by atoms with Gasteiger partial charge in [-0.15, -0.1) is 0 Å². The summed E-state index contributed by atoms with van der Waals surface area (Å²) in [6.07, 6.45) is 3.15. The Labute approximate surface area is 373 Å². The molecule has 0 bridgehead atoms. The summed E-state index contributed by atoms with van der Waals surface area (Å²) in [7, 11) is 20.9. The number of benzene rings is 4. The van der Waals surface area contributed by atoms with E-state index in [0.717, 1.165) is 26.2 Å². The maximum Gasteiger partial charge on any atom is 1.00 e. The monoisotopic (exact) mass is 917 g/mol. The molecule has 0 radical (unpaired) electrons. The zero-order valence-corrected chi connectivity index (χ0v) is 37.6. The molecule has 322 valence electrons. The van der Waals surface area contributed by atoms with Crippen LogP contribution < -0.4 is 10.6 Å². The van der Waals surface area contributed by atoms with E-state index in [-0.39, 0.29) is 28.2 Å². The zero-order valence-electron chi connectivity index (χ0n) is 34.9. The second kappa shape index (κ2) is 26.1. The molecule has 0 fully saturated rings. The van der Waals surface area contributed by atoms with Gasteiger partial charge < -0.3 is 30.2 Å². The molecule has 2 aliphatic carbocycles. The Hall–Kier alpha value is -4.19. The minimum Gasteiger partial charge on any atom is 1.00 e. The molecule has 4 aromatic rings. The fraction of sp³-hybridized carbons (Fsp3) is 0.304. The molecular weight excluding hydrogens is 863 g/mol. The van der Waals surface area contributed by atoms with Gasteiger partial charge in [-0.05, 0) is 115 Å².